The van der Waals surface area contributed by atoms with Crippen molar-refractivity contribution in [1.29, 1.82) is 0 Å². The number of fused-ring (bicyclic) bond motifs is 4. The predicted octanol–water partition coefficient (Wildman–Crippen LogP) is 4.64. The van der Waals surface area contributed by atoms with Crippen LogP contribution in [0.2, 0.25) is 0 Å². The number of nitrogens with zero attached hydrogens (tertiary/aromatic N) is 2. The quantitative estimate of drug-likeness (QED) is 0.201. The molecule has 0 saturated heterocycles. The first-order chi connectivity index (χ1) is 17.2. The Labute approximate surface area is 207 Å². The summed E-state index contributed by atoms with van der Waals surface area (Å²) in [6.07, 6.45) is 2.08. The molecule has 3 aromatic carbocycles. The number of rotatable bonds is 10. The van der Waals surface area contributed by atoms with E-state index in [2.05, 4.69) is 74.7 Å². The van der Waals surface area contributed by atoms with Crippen molar-refractivity contribution in [3.05, 3.63) is 54.6 Å². The number of methoxy groups -OCH3 is 2. The molecular formula is C29H35N4O2+. The second-order valence-electron chi connectivity index (χ2n) is 8.97. The van der Waals surface area contributed by atoms with Gasteiger partial charge in [-0.15, -0.1) is 0 Å². The SMILES string of the molecule is CNCCCN1c2cccc(OC)c2-c2c3c(OC)cccc3[n+](CCCNC)c3cccc1c23. The molecule has 1 aliphatic heterocycles. The number of aromatic nitrogens is 1. The second kappa shape index (κ2) is 10.1. The van der Waals surface area contributed by atoms with Crippen molar-refractivity contribution in [2.24, 2.45) is 0 Å². The van der Waals surface area contributed by atoms with Crippen LogP contribution in [-0.4, -0.2) is 47.9 Å². The average Bonchev–Trinajstić information content (AvgIpc) is 2.90. The zero-order chi connectivity index (χ0) is 24.4. The molecule has 1 aliphatic rings. The van der Waals surface area contributed by atoms with Crippen LogP contribution in [0.4, 0.5) is 11.4 Å². The summed E-state index contributed by atoms with van der Waals surface area (Å²) < 4.78 is 14.4. The maximum atomic E-state index is 5.97. The van der Waals surface area contributed by atoms with E-state index in [1.165, 1.54) is 33.4 Å². The molecular weight excluding hydrogens is 436 g/mol. The molecule has 6 nitrogen and oxygen atoms in total. The number of benzene rings is 3. The van der Waals surface area contributed by atoms with Crippen molar-refractivity contribution in [3.8, 4) is 22.6 Å². The molecule has 5 rings (SSSR count). The third kappa shape index (κ3) is 3.87. The maximum Gasteiger partial charge on any atom is 0.217 e. The van der Waals surface area contributed by atoms with Gasteiger partial charge in [-0.25, -0.2) is 0 Å². The van der Waals surface area contributed by atoms with Gasteiger partial charge in [-0.1, -0.05) is 18.2 Å². The van der Waals surface area contributed by atoms with Gasteiger partial charge in [0, 0.05) is 42.8 Å². The summed E-state index contributed by atoms with van der Waals surface area (Å²) in [5.41, 5.74) is 7.18. The van der Waals surface area contributed by atoms with Gasteiger partial charge in [0.15, 0.2) is 6.54 Å². The molecule has 0 bridgehead atoms. The Morgan fingerprint density at radius 1 is 0.714 bits per heavy atom. The highest BCUT2D eigenvalue weighted by molar-refractivity contribution is 6.20. The highest BCUT2D eigenvalue weighted by Crippen LogP contribution is 2.54. The monoisotopic (exact) mass is 471 g/mol. The van der Waals surface area contributed by atoms with Crippen molar-refractivity contribution in [2.45, 2.75) is 19.4 Å². The summed E-state index contributed by atoms with van der Waals surface area (Å²) in [4.78, 5) is 2.46. The van der Waals surface area contributed by atoms with Crippen molar-refractivity contribution in [1.82, 2.24) is 10.6 Å². The fraction of sp³-hybridized carbons (Fsp3) is 0.345. The normalized spacial score (nSPS) is 12.3. The van der Waals surface area contributed by atoms with Crippen molar-refractivity contribution in [2.75, 3.05) is 52.8 Å². The highest BCUT2D eigenvalue weighted by Gasteiger charge is 2.34. The summed E-state index contributed by atoms with van der Waals surface area (Å²) in [6, 6.07) is 19.5. The van der Waals surface area contributed by atoms with Crippen LogP contribution in [-0.2, 0) is 6.54 Å². The van der Waals surface area contributed by atoms with Gasteiger partial charge in [-0.2, -0.15) is 4.57 Å². The van der Waals surface area contributed by atoms with E-state index < -0.39 is 0 Å². The number of nitrogens with one attached hydrogen (secondary N) is 2. The molecule has 0 atom stereocenters. The molecule has 0 aliphatic carbocycles. The fourth-order valence-electron chi connectivity index (χ4n) is 5.51. The van der Waals surface area contributed by atoms with Crippen molar-refractivity contribution >= 4 is 33.2 Å². The standard InChI is InChI=1S/C29H35N4O2/c1-30-16-8-18-32-20-10-5-11-21-26(20)29(27-22(32)12-6-14-24(27)34-3)28-23(13-7-15-25(28)35-4)33(21)19-9-17-31-2/h5-7,10-15,30-31H,8-9,16-19H2,1-4H3/q+1. The lowest BCUT2D eigenvalue weighted by Gasteiger charge is -2.34. The summed E-state index contributed by atoms with van der Waals surface area (Å²) in [6.45, 7) is 3.77. The molecule has 182 valence electrons. The number of pyridine rings is 1. The minimum atomic E-state index is 0.886. The third-order valence-corrected chi connectivity index (χ3v) is 7.00. The number of anilines is 2. The van der Waals surface area contributed by atoms with Crippen LogP contribution in [0.15, 0.2) is 54.6 Å². The Balaban J connectivity index is 1.92. The largest absolute Gasteiger partial charge is 0.496 e. The summed E-state index contributed by atoms with van der Waals surface area (Å²) in [5, 5.41) is 8.99. The highest BCUT2D eigenvalue weighted by atomic mass is 16.5. The predicted molar refractivity (Wildman–Crippen MR) is 144 cm³/mol. The van der Waals surface area contributed by atoms with Gasteiger partial charge in [0.25, 0.3) is 0 Å². The minimum Gasteiger partial charge on any atom is -0.496 e. The zero-order valence-corrected chi connectivity index (χ0v) is 21.1. The first-order valence-electron chi connectivity index (χ1n) is 12.4. The van der Waals surface area contributed by atoms with Gasteiger partial charge in [0.2, 0.25) is 11.0 Å². The van der Waals surface area contributed by atoms with E-state index in [4.69, 9.17) is 9.47 Å². The van der Waals surface area contributed by atoms with Crippen LogP contribution in [0.1, 0.15) is 12.8 Å². The maximum absolute atomic E-state index is 5.97. The van der Waals surface area contributed by atoms with Gasteiger partial charge in [-0.05, 0) is 51.3 Å². The Morgan fingerprint density at radius 2 is 1.34 bits per heavy atom. The topological polar surface area (TPSA) is 49.6 Å². The molecule has 2 N–H and O–H groups in total. The zero-order valence-electron chi connectivity index (χ0n) is 21.1. The Kier molecular flexibility index (Phi) is 6.75. The molecule has 2 heterocycles. The van der Waals surface area contributed by atoms with Crippen LogP contribution < -0.4 is 29.6 Å². The molecule has 0 saturated carbocycles. The van der Waals surface area contributed by atoms with E-state index in [0.717, 1.165) is 61.5 Å². The van der Waals surface area contributed by atoms with Crippen LogP contribution >= 0.6 is 0 Å². The average molecular weight is 472 g/mol. The van der Waals surface area contributed by atoms with E-state index >= 15 is 0 Å². The van der Waals surface area contributed by atoms with E-state index in [1.54, 1.807) is 14.2 Å². The summed E-state index contributed by atoms with van der Waals surface area (Å²) >= 11 is 0. The van der Waals surface area contributed by atoms with Gasteiger partial charge in [0.05, 0.1) is 36.4 Å². The molecule has 0 radical (unpaired) electrons. The summed E-state index contributed by atoms with van der Waals surface area (Å²) in [7, 11) is 7.54. The number of hydrogen-bond acceptors (Lipinski definition) is 5. The minimum absolute atomic E-state index is 0.886. The van der Waals surface area contributed by atoms with E-state index in [-0.39, 0.29) is 0 Å². The first-order valence-corrected chi connectivity index (χ1v) is 12.4. The Hall–Kier alpha value is -3.35. The Bertz CT molecular complexity index is 1370. The van der Waals surface area contributed by atoms with Crippen LogP contribution in [0.5, 0.6) is 11.5 Å². The third-order valence-electron chi connectivity index (χ3n) is 7.00. The Morgan fingerprint density at radius 3 is 2.09 bits per heavy atom. The number of ether oxygens (including phenoxy) is 2. The molecule has 0 amide bonds. The van der Waals surface area contributed by atoms with E-state index in [0.29, 0.717) is 0 Å². The molecule has 0 unspecified atom stereocenters. The molecule has 0 spiro atoms. The van der Waals surface area contributed by atoms with Crippen LogP contribution in [0.25, 0.3) is 32.9 Å². The molecule has 1 aromatic heterocycles. The van der Waals surface area contributed by atoms with E-state index in [9.17, 15) is 0 Å². The van der Waals surface area contributed by atoms with Crippen molar-refractivity contribution in [3.63, 3.8) is 0 Å². The summed E-state index contributed by atoms with van der Waals surface area (Å²) in [5.74, 6) is 1.77. The smallest absolute Gasteiger partial charge is 0.217 e. The molecule has 35 heavy (non-hydrogen) atoms. The first kappa shape index (κ1) is 23.4. The number of hydrogen-bond donors (Lipinski definition) is 2. The second-order valence-corrected chi connectivity index (χ2v) is 8.97. The van der Waals surface area contributed by atoms with Crippen LogP contribution in [0, 0.1) is 0 Å². The lowest BCUT2D eigenvalue weighted by molar-refractivity contribution is -0.645. The van der Waals surface area contributed by atoms with Gasteiger partial charge >= 0.3 is 0 Å². The molecule has 0 fully saturated rings. The van der Waals surface area contributed by atoms with Gasteiger partial charge in [-0.3, -0.25) is 0 Å². The molecule has 6 heteroatoms. The fourth-order valence-corrected chi connectivity index (χ4v) is 5.51. The lowest BCUT2D eigenvalue weighted by Crippen LogP contribution is -2.38. The van der Waals surface area contributed by atoms with Crippen LogP contribution in [0.3, 0.4) is 0 Å². The lowest BCUT2D eigenvalue weighted by atomic mass is 9.88. The van der Waals surface area contributed by atoms with Crippen molar-refractivity contribution < 1.29 is 14.0 Å². The van der Waals surface area contributed by atoms with Gasteiger partial charge in [0.1, 0.15) is 11.5 Å². The number of aryl methyl sites for hydroxylation is 1. The van der Waals surface area contributed by atoms with Gasteiger partial charge < -0.3 is 25.0 Å². The van der Waals surface area contributed by atoms with E-state index in [1.807, 2.05) is 14.1 Å². The molecule has 4 aromatic rings.